The smallest absolute Gasteiger partial charge is 0.0552 e. The third-order valence-electron chi connectivity index (χ3n) is 3.36. The summed E-state index contributed by atoms with van der Waals surface area (Å²) in [6.07, 6.45) is 0.933. The highest BCUT2D eigenvalue weighted by Gasteiger charge is 2.10. The van der Waals surface area contributed by atoms with E-state index in [0.717, 1.165) is 28.6 Å². The van der Waals surface area contributed by atoms with E-state index in [4.69, 9.17) is 10.5 Å². The maximum atomic E-state index is 6.36. The maximum Gasteiger partial charge on any atom is 0.0552 e. The molecule has 2 N–H and O–H groups in total. The molecule has 0 amide bonds. The summed E-state index contributed by atoms with van der Waals surface area (Å²) in [5, 5.41) is 0. The molecule has 0 aliphatic carbocycles. The number of hydrogen-bond acceptors (Lipinski definition) is 2. The highest BCUT2D eigenvalue weighted by Crippen LogP contribution is 2.24. The van der Waals surface area contributed by atoms with Gasteiger partial charge in [0.2, 0.25) is 0 Å². The zero-order chi connectivity index (χ0) is 14.5. The molecule has 0 aromatic heterocycles. The van der Waals surface area contributed by atoms with Gasteiger partial charge in [-0.2, -0.15) is 0 Å². The Bertz CT molecular complexity index is 545. The van der Waals surface area contributed by atoms with Gasteiger partial charge in [-0.3, -0.25) is 0 Å². The Kier molecular flexibility index (Phi) is 5.35. The van der Waals surface area contributed by atoms with Crippen molar-refractivity contribution < 1.29 is 4.74 Å². The molecule has 0 saturated carbocycles. The average Bonchev–Trinajstić information content (AvgIpc) is 2.44. The van der Waals surface area contributed by atoms with Crippen LogP contribution < -0.4 is 5.73 Å². The molecule has 0 aliphatic heterocycles. The van der Waals surface area contributed by atoms with E-state index < -0.39 is 0 Å². The predicted molar refractivity (Wildman–Crippen MR) is 86.9 cm³/mol. The van der Waals surface area contributed by atoms with Gasteiger partial charge < -0.3 is 10.5 Å². The van der Waals surface area contributed by atoms with Crippen molar-refractivity contribution in [2.75, 3.05) is 13.7 Å². The van der Waals surface area contributed by atoms with Gasteiger partial charge in [-0.25, -0.2) is 0 Å². The SMILES string of the molecule is COCCc1ccc(C(N)c2cc(C)cc(Br)c2)cc1. The number of ether oxygens (including phenoxy) is 1. The fourth-order valence-electron chi connectivity index (χ4n) is 2.25. The van der Waals surface area contributed by atoms with Crippen molar-refractivity contribution in [3.63, 3.8) is 0 Å². The van der Waals surface area contributed by atoms with Crippen LogP contribution in [0.15, 0.2) is 46.9 Å². The molecule has 0 bridgehead atoms. The fraction of sp³-hybridized carbons (Fsp3) is 0.294. The normalized spacial score (nSPS) is 12.4. The summed E-state index contributed by atoms with van der Waals surface area (Å²) in [5.41, 5.74) is 11.1. The van der Waals surface area contributed by atoms with Gasteiger partial charge in [0.15, 0.2) is 0 Å². The summed E-state index contributed by atoms with van der Waals surface area (Å²) in [4.78, 5) is 0. The zero-order valence-corrected chi connectivity index (χ0v) is 13.5. The monoisotopic (exact) mass is 333 g/mol. The van der Waals surface area contributed by atoms with Crippen LogP contribution >= 0.6 is 15.9 Å². The highest BCUT2D eigenvalue weighted by molar-refractivity contribution is 9.10. The van der Waals surface area contributed by atoms with Gasteiger partial charge in [-0.15, -0.1) is 0 Å². The molecule has 1 unspecified atom stereocenters. The number of benzene rings is 2. The number of halogens is 1. The lowest BCUT2D eigenvalue weighted by molar-refractivity contribution is 0.202. The largest absolute Gasteiger partial charge is 0.384 e. The first-order chi connectivity index (χ1) is 9.60. The molecule has 106 valence electrons. The van der Waals surface area contributed by atoms with Gasteiger partial charge in [-0.1, -0.05) is 46.3 Å². The Labute approximate surface area is 129 Å². The first kappa shape index (κ1) is 15.2. The van der Waals surface area contributed by atoms with E-state index >= 15 is 0 Å². The molecule has 2 nitrogen and oxygen atoms in total. The van der Waals surface area contributed by atoms with Crippen LogP contribution in [0.4, 0.5) is 0 Å². The van der Waals surface area contributed by atoms with Crippen LogP contribution in [0.25, 0.3) is 0 Å². The van der Waals surface area contributed by atoms with Gasteiger partial charge in [-0.05, 0) is 47.7 Å². The lowest BCUT2D eigenvalue weighted by Crippen LogP contribution is -2.12. The summed E-state index contributed by atoms with van der Waals surface area (Å²) in [7, 11) is 1.72. The molecule has 2 aromatic rings. The summed E-state index contributed by atoms with van der Waals surface area (Å²) >= 11 is 3.52. The molecule has 0 saturated heterocycles. The van der Waals surface area contributed by atoms with E-state index in [1.54, 1.807) is 7.11 Å². The predicted octanol–water partition coefficient (Wildman–Crippen LogP) is 3.99. The standard InChI is InChI=1S/C17H20BrNO/c1-12-9-15(11-16(18)10-12)17(19)14-5-3-13(4-6-14)7-8-20-2/h3-6,9-11,17H,7-8,19H2,1-2H3. The number of aryl methyl sites for hydroxylation is 1. The second-order valence-corrected chi connectivity index (χ2v) is 5.94. The molecule has 0 fully saturated rings. The first-order valence-electron chi connectivity index (χ1n) is 6.70. The van der Waals surface area contributed by atoms with Crippen LogP contribution in [-0.4, -0.2) is 13.7 Å². The molecule has 0 radical (unpaired) electrons. The Balaban J connectivity index is 2.17. The molecule has 0 spiro atoms. The second-order valence-electron chi connectivity index (χ2n) is 5.02. The molecule has 2 rings (SSSR count). The second kappa shape index (κ2) is 7.02. The number of nitrogens with two attached hydrogens (primary N) is 1. The van der Waals surface area contributed by atoms with Crippen molar-refractivity contribution in [2.45, 2.75) is 19.4 Å². The summed E-state index contributed by atoms with van der Waals surface area (Å²) in [5.74, 6) is 0. The van der Waals surface area contributed by atoms with E-state index in [2.05, 4.69) is 65.3 Å². The van der Waals surface area contributed by atoms with Crippen molar-refractivity contribution in [3.8, 4) is 0 Å². The average molecular weight is 334 g/mol. The van der Waals surface area contributed by atoms with Crippen molar-refractivity contribution in [1.82, 2.24) is 0 Å². The maximum absolute atomic E-state index is 6.36. The Morgan fingerprint density at radius 3 is 2.40 bits per heavy atom. The van der Waals surface area contributed by atoms with E-state index in [9.17, 15) is 0 Å². The third-order valence-corrected chi connectivity index (χ3v) is 3.82. The topological polar surface area (TPSA) is 35.2 Å². The van der Waals surface area contributed by atoms with Crippen LogP contribution in [-0.2, 0) is 11.2 Å². The zero-order valence-electron chi connectivity index (χ0n) is 11.9. The minimum Gasteiger partial charge on any atom is -0.384 e. The molecule has 1 atom stereocenters. The summed E-state index contributed by atoms with van der Waals surface area (Å²) in [6, 6.07) is 14.7. The van der Waals surface area contributed by atoms with Crippen molar-refractivity contribution in [1.29, 1.82) is 0 Å². The van der Waals surface area contributed by atoms with E-state index in [1.165, 1.54) is 11.1 Å². The van der Waals surface area contributed by atoms with Crippen LogP contribution in [0, 0.1) is 6.92 Å². The van der Waals surface area contributed by atoms with Gasteiger partial charge in [0.25, 0.3) is 0 Å². The van der Waals surface area contributed by atoms with E-state index in [1.807, 2.05) is 0 Å². The summed E-state index contributed by atoms with van der Waals surface area (Å²) < 4.78 is 6.16. The molecule has 0 aliphatic rings. The number of hydrogen-bond donors (Lipinski definition) is 1. The fourth-order valence-corrected chi connectivity index (χ4v) is 2.87. The van der Waals surface area contributed by atoms with Crippen molar-refractivity contribution in [2.24, 2.45) is 5.73 Å². The molecule has 3 heteroatoms. The Hall–Kier alpha value is -1.16. The van der Waals surface area contributed by atoms with Gasteiger partial charge in [0, 0.05) is 11.6 Å². The highest BCUT2D eigenvalue weighted by atomic mass is 79.9. The van der Waals surface area contributed by atoms with Crippen LogP contribution in [0.2, 0.25) is 0 Å². The quantitative estimate of drug-likeness (QED) is 0.897. The summed E-state index contributed by atoms with van der Waals surface area (Å²) in [6.45, 7) is 2.82. The van der Waals surface area contributed by atoms with Crippen LogP contribution in [0.1, 0.15) is 28.3 Å². The molecular formula is C17H20BrNO. The molecular weight excluding hydrogens is 314 g/mol. The van der Waals surface area contributed by atoms with E-state index in [0.29, 0.717) is 0 Å². The first-order valence-corrected chi connectivity index (χ1v) is 7.50. The molecule has 20 heavy (non-hydrogen) atoms. The lowest BCUT2D eigenvalue weighted by Gasteiger charge is -2.14. The Morgan fingerprint density at radius 1 is 1.10 bits per heavy atom. The molecule has 2 aromatic carbocycles. The van der Waals surface area contributed by atoms with Crippen molar-refractivity contribution in [3.05, 3.63) is 69.2 Å². The molecule has 0 heterocycles. The number of methoxy groups -OCH3 is 1. The van der Waals surface area contributed by atoms with Crippen LogP contribution in [0.3, 0.4) is 0 Å². The van der Waals surface area contributed by atoms with Gasteiger partial charge >= 0.3 is 0 Å². The van der Waals surface area contributed by atoms with E-state index in [-0.39, 0.29) is 6.04 Å². The number of rotatable bonds is 5. The van der Waals surface area contributed by atoms with Crippen molar-refractivity contribution >= 4 is 15.9 Å². The van der Waals surface area contributed by atoms with Gasteiger partial charge in [0.05, 0.1) is 12.6 Å². The Morgan fingerprint density at radius 2 is 1.80 bits per heavy atom. The minimum absolute atomic E-state index is 0.0947. The minimum atomic E-state index is -0.0947. The van der Waals surface area contributed by atoms with Crippen LogP contribution in [0.5, 0.6) is 0 Å². The third kappa shape index (κ3) is 3.92. The van der Waals surface area contributed by atoms with Gasteiger partial charge in [0.1, 0.15) is 0 Å². The lowest BCUT2D eigenvalue weighted by atomic mass is 9.97.